The highest BCUT2D eigenvalue weighted by Gasteiger charge is 2.19. The number of halogens is 1. The summed E-state index contributed by atoms with van der Waals surface area (Å²) in [5, 5.41) is 12.3. The first kappa shape index (κ1) is 14.3. The van der Waals surface area contributed by atoms with Crippen LogP contribution in [0.4, 0.5) is 11.6 Å². The van der Waals surface area contributed by atoms with Crippen LogP contribution in [0.25, 0.3) is 11.2 Å². The van der Waals surface area contributed by atoms with Crippen LogP contribution in [0.15, 0.2) is 36.7 Å². The van der Waals surface area contributed by atoms with E-state index in [0.717, 1.165) is 5.69 Å². The zero-order chi connectivity index (χ0) is 15.7. The van der Waals surface area contributed by atoms with Gasteiger partial charge in [-0.1, -0.05) is 29.8 Å². The number of carbonyl (C=O) groups is 1. The Morgan fingerprint density at radius 2 is 2.05 bits per heavy atom. The predicted molar refractivity (Wildman–Crippen MR) is 82.4 cm³/mol. The maximum atomic E-state index is 11.2. The van der Waals surface area contributed by atoms with E-state index in [4.69, 9.17) is 16.7 Å². The molecule has 3 aromatic rings. The third kappa shape index (κ3) is 2.58. The fourth-order valence-corrected chi connectivity index (χ4v) is 2.20. The fraction of sp³-hybridized carbons (Fsp3) is 0.143. The van der Waals surface area contributed by atoms with Gasteiger partial charge in [-0.3, -0.25) is 0 Å². The van der Waals surface area contributed by atoms with Gasteiger partial charge in [0.25, 0.3) is 0 Å². The third-order valence-corrected chi connectivity index (χ3v) is 3.45. The second-order valence-electron chi connectivity index (χ2n) is 4.67. The summed E-state index contributed by atoms with van der Waals surface area (Å²) >= 11 is 6.11. The molecular weight excluding hydrogens is 306 g/mol. The maximum Gasteiger partial charge on any atom is 0.326 e. The smallest absolute Gasteiger partial charge is 0.326 e. The topological polar surface area (TPSA) is 92.9 Å². The highest BCUT2D eigenvalue weighted by molar-refractivity contribution is 6.33. The second-order valence-corrected chi connectivity index (χ2v) is 5.03. The molecule has 2 heterocycles. The highest BCUT2D eigenvalue weighted by Crippen LogP contribution is 2.24. The number of benzene rings is 1. The summed E-state index contributed by atoms with van der Waals surface area (Å²) in [4.78, 5) is 23.7. The number of nitrogens with one attached hydrogen (secondary N) is 1. The number of fused-ring (bicyclic) bond motifs is 1. The van der Waals surface area contributed by atoms with Crippen LogP contribution >= 0.6 is 11.6 Å². The lowest BCUT2D eigenvalue weighted by Gasteiger charge is -2.10. The Hall–Kier alpha value is -2.67. The van der Waals surface area contributed by atoms with Crippen LogP contribution in [-0.4, -0.2) is 30.6 Å². The van der Waals surface area contributed by atoms with Crippen molar-refractivity contribution in [3.63, 3.8) is 0 Å². The van der Waals surface area contributed by atoms with Crippen LogP contribution in [0.1, 0.15) is 13.0 Å². The molecule has 1 aromatic carbocycles. The molecular formula is C14H12ClN5O2. The average molecular weight is 318 g/mol. The van der Waals surface area contributed by atoms with Gasteiger partial charge < -0.3 is 15.0 Å². The van der Waals surface area contributed by atoms with E-state index in [0.29, 0.717) is 11.2 Å². The van der Waals surface area contributed by atoms with Gasteiger partial charge in [0, 0.05) is 5.69 Å². The number of para-hydroxylation sites is 1. The van der Waals surface area contributed by atoms with Crippen molar-refractivity contribution in [3.8, 4) is 0 Å². The van der Waals surface area contributed by atoms with Gasteiger partial charge in [-0.2, -0.15) is 9.97 Å². The van der Waals surface area contributed by atoms with Gasteiger partial charge in [0.1, 0.15) is 11.6 Å². The lowest BCUT2D eigenvalue weighted by Crippen LogP contribution is -2.15. The Morgan fingerprint density at radius 1 is 1.32 bits per heavy atom. The van der Waals surface area contributed by atoms with E-state index in [1.165, 1.54) is 10.9 Å². The van der Waals surface area contributed by atoms with Crippen molar-refractivity contribution in [2.24, 2.45) is 0 Å². The van der Waals surface area contributed by atoms with Gasteiger partial charge >= 0.3 is 5.97 Å². The molecule has 0 saturated carbocycles. The molecule has 0 saturated heterocycles. The fourth-order valence-electron chi connectivity index (χ4n) is 1.99. The number of imidazole rings is 1. The Kier molecular flexibility index (Phi) is 3.64. The Morgan fingerprint density at radius 3 is 2.73 bits per heavy atom. The summed E-state index contributed by atoms with van der Waals surface area (Å²) < 4.78 is 1.45. The molecule has 0 spiro atoms. The molecule has 112 valence electrons. The minimum absolute atomic E-state index is 0.166. The Balaban J connectivity index is 2.06. The lowest BCUT2D eigenvalue weighted by atomic mass is 10.3. The molecule has 8 heteroatoms. The molecule has 7 nitrogen and oxygen atoms in total. The van der Waals surface area contributed by atoms with E-state index >= 15 is 0 Å². The summed E-state index contributed by atoms with van der Waals surface area (Å²) in [6, 6.07) is 8.56. The van der Waals surface area contributed by atoms with Crippen molar-refractivity contribution in [1.29, 1.82) is 0 Å². The van der Waals surface area contributed by atoms with Crippen molar-refractivity contribution < 1.29 is 9.90 Å². The highest BCUT2D eigenvalue weighted by atomic mass is 35.5. The first-order chi connectivity index (χ1) is 10.6. The zero-order valence-electron chi connectivity index (χ0n) is 11.6. The van der Waals surface area contributed by atoms with Crippen molar-refractivity contribution in [1.82, 2.24) is 19.5 Å². The quantitative estimate of drug-likeness (QED) is 0.719. The summed E-state index contributed by atoms with van der Waals surface area (Å²) in [5.41, 5.74) is 1.54. The van der Waals surface area contributed by atoms with Crippen LogP contribution in [0.3, 0.4) is 0 Å². The molecule has 1 unspecified atom stereocenters. The van der Waals surface area contributed by atoms with E-state index in [9.17, 15) is 4.79 Å². The van der Waals surface area contributed by atoms with Crippen molar-refractivity contribution in [2.75, 3.05) is 5.32 Å². The third-order valence-electron chi connectivity index (χ3n) is 3.18. The summed E-state index contributed by atoms with van der Waals surface area (Å²) in [5.74, 6) is -0.699. The van der Waals surface area contributed by atoms with Crippen LogP contribution in [0.5, 0.6) is 0 Å². The predicted octanol–water partition coefficient (Wildman–Crippen LogP) is 2.87. The van der Waals surface area contributed by atoms with Gasteiger partial charge in [-0.05, 0) is 19.1 Å². The second kappa shape index (κ2) is 5.61. The lowest BCUT2D eigenvalue weighted by molar-refractivity contribution is -0.140. The first-order valence-electron chi connectivity index (χ1n) is 6.51. The number of aromatic nitrogens is 4. The van der Waals surface area contributed by atoms with Crippen molar-refractivity contribution in [2.45, 2.75) is 13.0 Å². The number of aliphatic carboxylic acids is 1. The molecule has 0 aliphatic rings. The van der Waals surface area contributed by atoms with Gasteiger partial charge in [0.15, 0.2) is 10.8 Å². The van der Waals surface area contributed by atoms with Crippen LogP contribution in [-0.2, 0) is 4.79 Å². The SMILES string of the molecule is CC(C(=O)O)n1cnc2c(Cl)nc(Nc3ccccc3)nc21. The van der Waals surface area contributed by atoms with Gasteiger partial charge in [-0.25, -0.2) is 9.78 Å². The largest absolute Gasteiger partial charge is 0.480 e. The molecule has 0 radical (unpaired) electrons. The molecule has 0 aliphatic carbocycles. The van der Waals surface area contributed by atoms with Gasteiger partial charge in [0.2, 0.25) is 5.95 Å². The molecule has 3 rings (SSSR count). The van der Waals surface area contributed by atoms with Gasteiger partial charge in [-0.15, -0.1) is 0 Å². The first-order valence-corrected chi connectivity index (χ1v) is 6.89. The number of carboxylic acid groups (broad SMARTS) is 1. The number of carboxylic acids is 1. The Bertz CT molecular complexity index is 834. The van der Waals surface area contributed by atoms with E-state index in [1.54, 1.807) is 6.92 Å². The molecule has 0 fully saturated rings. The number of nitrogens with zero attached hydrogens (tertiary/aromatic N) is 4. The monoisotopic (exact) mass is 317 g/mol. The molecule has 2 N–H and O–H groups in total. The van der Waals surface area contributed by atoms with Gasteiger partial charge in [0.05, 0.1) is 6.33 Å². The summed E-state index contributed by atoms with van der Waals surface area (Å²) in [6.45, 7) is 1.55. The molecule has 0 amide bonds. The number of anilines is 2. The minimum atomic E-state index is -0.980. The normalized spacial score (nSPS) is 12.3. The maximum absolute atomic E-state index is 11.2. The van der Waals surface area contributed by atoms with Crippen molar-refractivity contribution in [3.05, 3.63) is 41.8 Å². The van der Waals surface area contributed by atoms with Crippen LogP contribution < -0.4 is 5.32 Å². The van der Waals surface area contributed by atoms with E-state index in [-0.39, 0.29) is 11.1 Å². The van der Waals surface area contributed by atoms with Crippen LogP contribution in [0, 0.1) is 0 Å². The van der Waals surface area contributed by atoms with E-state index < -0.39 is 12.0 Å². The molecule has 0 aliphatic heterocycles. The van der Waals surface area contributed by atoms with E-state index in [2.05, 4.69) is 20.3 Å². The number of hydrogen-bond acceptors (Lipinski definition) is 5. The molecule has 2 aromatic heterocycles. The standard InChI is InChI=1S/C14H12ClN5O2/c1-8(13(21)22)20-7-16-10-11(15)18-14(19-12(10)20)17-9-5-3-2-4-6-9/h2-8H,1H3,(H,21,22)(H,17,18,19). The minimum Gasteiger partial charge on any atom is -0.480 e. The van der Waals surface area contributed by atoms with Crippen LogP contribution in [0.2, 0.25) is 5.15 Å². The number of hydrogen-bond donors (Lipinski definition) is 2. The Labute approximate surface area is 130 Å². The summed E-state index contributed by atoms with van der Waals surface area (Å²) in [7, 11) is 0. The molecule has 22 heavy (non-hydrogen) atoms. The van der Waals surface area contributed by atoms with E-state index in [1.807, 2.05) is 30.3 Å². The zero-order valence-corrected chi connectivity index (χ0v) is 12.3. The number of rotatable bonds is 4. The molecule has 0 bridgehead atoms. The molecule has 1 atom stereocenters. The summed E-state index contributed by atoms with van der Waals surface area (Å²) in [6.07, 6.45) is 1.40. The average Bonchev–Trinajstić information content (AvgIpc) is 2.91. The van der Waals surface area contributed by atoms with Crippen molar-refractivity contribution >= 4 is 40.4 Å².